The van der Waals surface area contributed by atoms with Gasteiger partial charge in [0.15, 0.2) is 0 Å². The molecule has 1 aliphatic heterocycles. The lowest BCUT2D eigenvalue weighted by molar-refractivity contribution is -0.116. The van der Waals surface area contributed by atoms with Gasteiger partial charge in [-0.05, 0) is 54.1 Å². The Morgan fingerprint density at radius 1 is 1.12 bits per heavy atom. The van der Waals surface area contributed by atoms with Gasteiger partial charge in [-0.25, -0.2) is 0 Å². The highest BCUT2D eigenvalue weighted by atomic mass is 32.1. The van der Waals surface area contributed by atoms with E-state index in [-0.39, 0.29) is 5.91 Å². The number of ether oxygens (including phenoxy) is 1. The Bertz CT molecular complexity index is 1140. The van der Waals surface area contributed by atoms with Crippen molar-refractivity contribution in [3.63, 3.8) is 0 Å². The Balaban J connectivity index is 1.04. The lowest BCUT2D eigenvalue weighted by Crippen LogP contribution is -2.47. The maximum atomic E-state index is 12.2. The van der Waals surface area contributed by atoms with Crippen LogP contribution >= 0.6 is 11.5 Å². The summed E-state index contributed by atoms with van der Waals surface area (Å²) < 4.78 is 11.3. The number of carbonyl (C=O) groups excluding carboxylic acids is 1. The number of rotatable bonds is 8. The van der Waals surface area contributed by atoms with E-state index in [0.717, 1.165) is 56.4 Å². The second-order valence-corrected chi connectivity index (χ2v) is 9.67. The first-order chi connectivity index (χ1) is 16.2. The molecule has 1 saturated heterocycles. The second-order valence-electron chi connectivity index (χ2n) is 8.87. The van der Waals surface area contributed by atoms with Crippen LogP contribution in [0.3, 0.4) is 0 Å². The van der Waals surface area contributed by atoms with E-state index >= 15 is 0 Å². The van der Waals surface area contributed by atoms with Gasteiger partial charge >= 0.3 is 0 Å². The van der Waals surface area contributed by atoms with Crippen molar-refractivity contribution in [1.29, 1.82) is 0 Å². The van der Waals surface area contributed by atoms with Gasteiger partial charge in [-0.2, -0.15) is 4.37 Å². The van der Waals surface area contributed by atoms with Gasteiger partial charge in [-0.1, -0.05) is 30.3 Å². The summed E-state index contributed by atoms with van der Waals surface area (Å²) in [4.78, 5) is 17.2. The number of benzene rings is 2. The summed E-state index contributed by atoms with van der Waals surface area (Å²) in [5, 5.41) is 4.33. The lowest BCUT2D eigenvalue weighted by Gasteiger charge is -2.35. The molecule has 3 aromatic rings. The number of amides is 1. The second kappa shape index (κ2) is 9.93. The maximum Gasteiger partial charge on any atom is 0.244 e. The van der Waals surface area contributed by atoms with Crippen LogP contribution in [0.1, 0.15) is 12.0 Å². The van der Waals surface area contributed by atoms with E-state index in [4.69, 9.17) is 9.11 Å². The molecule has 0 bridgehead atoms. The molecule has 2 heterocycles. The molecule has 172 valence electrons. The molecule has 0 spiro atoms. The lowest BCUT2D eigenvalue weighted by atomic mass is 10.2. The van der Waals surface area contributed by atoms with Crippen LogP contribution in [0.2, 0.25) is 0 Å². The van der Waals surface area contributed by atoms with Crippen molar-refractivity contribution in [3.05, 3.63) is 60.2 Å². The molecule has 2 fully saturated rings. The number of anilines is 1. The van der Waals surface area contributed by atoms with Gasteiger partial charge < -0.3 is 15.0 Å². The third-order valence-corrected chi connectivity index (χ3v) is 7.50. The minimum Gasteiger partial charge on any atom is -0.496 e. The molecule has 6 nitrogen and oxygen atoms in total. The fourth-order valence-corrected chi connectivity index (χ4v) is 5.41. The van der Waals surface area contributed by atoms with Gasteiger partial charge in [0.2, 0.25) is 5.91 Å². The zero-order chi connectivity index (χ0) is 22.6. The van der Waals surface area contributed by atoms with Crippen molar-refractivity contribution in [3.8, 4) is 5.75 Å². The van der Waals surface area contributed by atoms with Crippen LogP contribution in [0, 0.1) is 11.8 Å². The first kappa shape index (κ1) is 21.9. The fraction of sp³-hybridized carbons (Fsp3) is 0.385. The van der Waals surface area contributed by atoms with Crippen molar-refractivity contribution in [2.24, 2.45) is 11.8 Å². The SMILES string of the molecule is COc1ccccc1C=CC(=O)NCC1CC1CN1CCN(c2nsc3ccccc23)CC1. The van der Waals surface area contributed by atoms with Crippen LogP contribution in [0.5, 0.6) is 5.75 Å². The predicted octanol–water partition coefficient (Wildman–Crippen LogP) is 3.89. The zero-order valence-electron chi connectivity index (χ0n) is 18.9. The van der Waals surface area contributed by atoms with Crippen molar-refractivity contribution < 1.29 is 9.53 Å². The number of hydrogen-bond acceptors (Lipinski definition) is 6. The Labute approximate surface area is 199 Å². The number of nitrogens with one attached hydrogen (secondary N) is 1. The fourth-order valence-electron chi connectivity index (χ4n) is 4.62. The topological polar surface area (TPSA) is 57.7 Å². The van der Waals surface area contributed by atoms with Gasteiger partial charge in [0.1, 0.15) is 11.6 Å². The highest BCUT2D eigenvalue weighted by molar-refractivity contribution is 7.13. The van der Waals surface area contributed by atoms with E-state index in [0.29, 0.717) is 11.8 Å². The number of piperazine rings is 1. The van der Waals surface area contributed by atoms with Gasteiger partial charge in [0.05, 0.1) is 11.8 Å². The third kappa shape index (κ3) is 5.20. The standard InChI is InChI=1S/C26H30N4O2S/c1-32-23-8-4-2-6-19(23)10-11-25(31)27-17-20-16-21(20)18-29-12-14-30(15-13-29)26-22-7-3-5-9-24(22)33-28-26/h2-11,20-21H,12-18H2,1H3,(H,27,31). The smallest absolute Gasteiger partial charge is 0.244 e. The molecule has 7 heteroatoms. The molecule has 1 aliphatic carbocycles. The van der Waals surface area contributed by atoms with Gasteiger partial charge in [0.25, 0.3) is 0 Å². The maximum absolute atomic E-state index is 12.2. The number of carbonyl (C=O) groups is 1. The Hall–Kier alpha value is -2.90. The number of para-hydroxylation sites is 1. The van der Waals surface area contributed by atoms with Crippen LogP contribution < -0.4 is 15.0 Å². The van der Waals surface area contributed by atoms with Gasteiger partial charge in [-0.15, -0.1) is 0 Å². The average Bonchev–Trinajstić information content (AvgIpc) is 3.46. The van der Waals surface area contributed by atoms with Crippen LogP contribution in [0.4, 0.5) is 5.82 Å². The molecule has 2 aromatic carbocycles. The van der Waals surface area contributed by atoms with E-state index in [9.17, 15) is 4.79 Å². The van der Waals surface area contributed by atoms with Crippen molar-refractivity contribution in [1.82, 2.24) is 14.6 Å². The van der Waals surface area contributed by atoms with E-state index in [1.54, 1.807) is 24.7 Å². The summed E-state index contributed by atoms with van der Waals surface area (Å²) in [5.74, 6) is 3.15. The molecule has 33 heavy (non-hydrogen) atoms. The number of nitrogens with zero attached hydrogens (tertiary/aromatic N) is 3. The van der Waals surface area contributed by atoms with Gasteiger partial charge in [-0.3, -0.25) is 9.69 Å². The van der Waals surface area contributed by atoms with Crippen molar-refractivity contribution in [2.75, 3.05) is 51.3 Å². The summed E-state index contributed by atoms with van der Waals surface area (Å²) in [6, 6.07) is 16.2. The molecule has 2 aliphatic rings. The van der Waals surface area contributed by atoms with E-state index in [2.05, 4.69) is 39.4 Å². The van der Waals surface area contributed by atoms with Crippen LogP contribution in [-0.4, -0.2) is 61.6 Å². The molecule has 2 unspecified atom stereocenters. The largest absolute Gasteiger partial charge is 0.496 e. The normalized spacial score (nSPS) is 20.9. The number of hydrogen-bond donors (Lipinski definition) is 1. The minimum absolute atomic E-state index is 0.0457. The van der Waals surface area contributed by atoms with Crippen LogP contribution in [0.15, 0.2) is 54.6 Å². The van der Waals surface area contributed by atoms with Crippen LogP contribution in [0.25, 0.3) is 16.2 Å². The molecule has 1 saturated carbocycles. The van der Waals surface area contributed by atoms with E-state index in [1.165, 1.54) is 16.5 Å². The summed E-state index contributed by atoms with van der Waals surface area (Å²) in [6.07, 6.45) is 4.60. The first-order valence-corrected chi connectivity index (χ1v) is 12.4. The Morgan fingerprint density at radius 3 is 2.76 bits per heavy atom. The minimum atomic E-state index is -0.0457. The molecule has 1 N–H and O–H groups in total. The van der Waals surface area contributed by atoms with Crippen molar-refractivity contribution >= 4 is 39.4 Å². The molecule has 2 atom stereocenters. The third-order valence-electron chi connectivity index (χ3n) is 6.68. The number of methoxy groups -OCH3 is 1. The van der Waals surface area contributed by atoms with Gasteiger partial charge in [0, 0.05) is 56.3 Å². The molecular formula is C26H30N4O2S. The van der Waals surface area contributed by atoms with E-state index < -0.39 is 0 Å². The molecule has 0 radical (unpaired) electrons. The Morgan fingerprint density at radius 2 is 1.91 bits per heavy atom. The summed E-state index contributed by atoms with van der Waals surface area (Å²) in [6.45, 7) is 6.07. The molecule has 1 amide bonds. The molecule has 1 aromatic heterocycles. The number of aromatic nitrogens is 1. The average molecular weight is 463 g/mol. The quantitative estimate of drug-likeness (QED) is 0.515. The highest BCUT2D eigenvalue weighted by Gasteiger charge is 2.38. The Kier molecular flexibility index (Phi) is 6.60. The number of fused-ring (bicyclic) bond motifs is 1. The highest BCUT2D eigenvalue weighted by Crippen LogP contribution is 2.39. The summed E-state index contributed by atoms with van der Waals surface area (Å²) in [7, 11) is 1.64. The van der Waals surface area contributed by atoms with Crippen molar-refractivity contribution in [2.45, 2.75) is 6.42 Å². The summed E-state index contributed by atoms with van der Waals surface area (Å²) in [5.41, 5.74) is 0.907. The first-order valence-electron chi connectivity index (χ1n) is 11.6. The van der Waals surface area contributed by atoms with Crippen LogP contribution in [-0.2, 0) is 4.79 Å². The van der Waals surface area contributed by atoms with E-state index in [1.807, 2.05) is 30.3 Å². The predicted molar refractivity (Wildman–Crippen MR) is 135 cm³/mol. The molecule has 5 rings (SSSR count). The monoisotopic (exact) mass is 462 g/mol. The zero-order valence-corrected chi connectivity index (χ0v) is 19.8. The molecular weight excluding hydrogens is 432 g/mol. The summed E-state index contributed by atoms with van der Waals surface area (Å²) >= 11 is 1.59.